The molecule has 104 valence electrons. The Morgan fingerprint density at radius 1 is 1.32 bits per heavy atom. The fraction of sp³-hybridized carbons (Fsp3) is 0.636. The van der Waals surface area contributed by atoms with Crippen molar-refractivity contribution < 1.29 is 8.42 Å². The van der Waals surface area contributed by atoms with E-state index in [2.05, 4.69) is 16.3 Å². The number of sulfonamides is 1. The molecule has 0 saturated carbocycles. The molecule has 19 heavy (non-hydrogen) atoms. The van der Waals surface area contributed by atoms with Crippen molar-refractivity contribution in [2.45, 2.75) is 18.7 Å². The van der Waals surface area contributed by atoms with Gasteiger partial charge in [-0.3, -0.25) is 10.00 Å². The molecule has 1 fully saturated rings. The van der Waals surface area contributed by atoms with Crippen LogP contribution in [-0.2, 0) is 10.0 Å². The molecule has 0 unspecified atom stereocenters. The zero-order chi connectivity index (χ0) is 14.0. The monoisotopic (exact) mass is 283 g/mol. The normalized spacial score (nSPS) is 18.4. The summed E-state index contributed by atoms with van der Waals surface area (Å²) in [6.07, 6.45) is 0. The molecule has 1 aliphatic heterocycles. The minimum absolute atomic E-state index is 0.279. The molecular formula is C11H17N5O2S. The Balaban J connectivity index is 2.17. The maximum absolute atomic E-state index is 12.5. The average Bonchev–Trinajstić information content (AvgIpc) is 2.70. The number of piperazine rings is 1. The molecule has 2 heterocycles. The summed E-state index contributed by atoms with van der Waals surface area (Å²) in [5, 5.41) is 15.3. The number of aryl methyl sites for hydroxylation is 2. The molecule has 1 aliphatic rings. The average molecular weight is 283 g/mol. The number of aromatic nitrogens is 2. The van der Waals surface area contributed by atoms with Crippen LogP contribution in [0.5, 0.6) is 0 Å². The molecule has 1 aromatic heterocycles. The van der Waals surface area contributed by atoms with E-state index in [0.29, 0.717) is 44.1 Å². The highest BCUT2D eigenvalue weighted by molar-refractivity contribution is 7.89. The zero-order valence-corrected chi connectivity index (χ0v) is 11.9. The number of hydrogen-bond donors (Lipinski definition) is 1. The van der Waals surface area contributed by atoms with Gasteiger partial charge in [0.05, 0.1) is 24.0 Å². The number of nitrogens with one attached hydrogen (secondary N) is 1. The molecule has 2 rings (SSSR count). The van der Waals surface area contributed by atoms with E-state index in [1.165, 1.54) is 4.31 Å². The van der Waals surface area contributed by atoms with Crippen LogP contribution < -0.4 is 0 Å². The largest absolute Gasteiger partial charge is 0.288 e. The highest BCUT2D eigenvalue weighted by atomic mass is 32.2. The van der Waals surface area contributed by atoms with E-state index in [9.17, 15) is 8.42 Å². The smallest absolute Gasteiger partial charge is 0.246 e. The first-order valence-electron chi connectivity index (χ1n) is 6.08. The van der Waals surface area contributed by atoms with Crippen molar-refractivity contribution in [3.63, 3.8) is 0 Å². The van der Waals surface area contributed by atoms with Crippen LogP contribution in [0.2, 0.25) is 0 Å². The molecular weight excluding hydrogens is 266 g/mol. The van der Waals surface area contributed by atoms with Crippen molar-refractivity contribution in [3.05, 3.63) is 11.4 Å². The molecule has 1 saturated heterocycles. The molecule has 0 amide bonds. The molecule has 0 bridgehead atoms. The third kappa shape index (κ3) is 2.63. The number of rotatable bonds is 3. The molecule has 0 aromatic carbocycles. The summed E-state index contributed by atoms with van der Waals surface area (Å²) in [6, 6.07) is 2.08. The van der Waals surface area contributed by atoms with Gasteiger partial charge in [0.1, 0.15) is 4.90 Å². The predicted octanol–water partition coefficient (Wildman–Crippen LogP) is -0.144. The number of aromatic amines is 1. The lowest BCUT2D eigenvalue weighted by molar-refractivity contribution is 0.206. The van der Waals surface area contributed by atoms with Crippen molar-refractivity contribution in [2.75, 3.05) is 32.7 Å². The van der Waals surface area contributed by atoms with Gasteiger partial charge in [0, 0.05) is 26.2 Å². The Morgan fingerprint density at radius 3 is 2.42 bits per heavy atom. The topological polar surface area (TPSA) is 93.1 Å². The molecule has 0 radical (unpaired) electrons. The SMILES string of the molecule is Cc1n[nH]c(C)c1S(=O)(=O)N1CCN(CC#N)CC1. The first kappa shape index (κ1) is 14.0. The lowest BCUT2D eigenvalue weighted by atomic mass is 10.4. The quantitative estimate of drug-likeness (QED) is 0.779. The summed E-state index contributed by atoms with van der Waals surface area (Å²) in [5.41, 5.74) is 1.06. The molecule has 1 aromatic rings. The van der Waals surface area contributed by atoms with Gasteiger partial charge in [0.25, 0.3) is 0 Å². The number of H-pyrrole nitrogens is 1. The van der Waals surface area contributed by atoms with E-state index in [1.807, 2.05) is 4.90 Å². The van der Waals surface area contributed by atoms with Gasteiger partial charge in [-0.25, -0.2) is 8.42 Å². The molecule has 8 heteroatoms. The van der Waals surface area contributed by atoms with Crippen molar-refractivity contribution in [2.24, 2.45) is 0 Å². The standard InChI is InChI=1S/C11H17N5O2S/c1-9-11(10(2)14-13-9)19(17,18)16-7-5-15(4-3-12)6-8-16/h4-8H2,1-2H3,(H,13,14). The predicted molar refractivity (Wildman–Crippen MR) is 68.9 cm³/mol. The van der Waals surface area contributed by atoms with E-state index >= 15 is 0 Å². The summed E-state index contributed by atoms with van der Waals surface area (Å²) in [7, 11) is -3.49. The van der Waals surface area contributed by atoms with Gasteiger partial charge in [-0.05, 0) is 13.8 Å². The summed E-state index contributed by atoms with van der Waals surface area (Å²) in [6.45, 7) is 5.73. The van der Waals surface area contributed by atoms with Crippen LogP contribution in [0.1, 0.15) is 11.4 Å². The van der Waals surface area contributed by atoms with Crippen molar-refractivity contribution in [1.29, 1.82) is 5.26 Å². The fourth-order valence-corrected chi connectivity index (χ4v) is 4.03. The minimum Gasteiger partial charge on any atom is -0.288 e. The van der Waals surface area contributed by atoms with Crippen LogP contribution in [0.3, 0.4) is 0 Å². The van der Waals surface area contributed by atoms with Crippen molar-refractivity contribution in [3.8, 4) is 6.07 Å². The highest BCUT2D eigenvalue weighted by Gasteiger charge is 2.31. The van der Waals surface area contributed by atoms with Crippen molar-refractivity contribution in [1.82, 2.24) is 19.4 Å². The van der Waals surface area contributed by atoms with Crippen LogP contribution in [0.15, 0.2) is 4.90 Å². The number of hydrogen-bond acceptors (Lipinski definition) is 5. The Labute approximate surface area is 112 Å². The van der Waals surface area contributed by atoms with Gasteiger partial charge in [-0.15, -0.1) is 0 Å². The van der Waals surface area contributed by atoms with E-state index in [-0.39, 0.29) is 4.90 Å². The van der Waals surface area contributed by atoms with Crippen molar-refractivity contribution >= 4 is 10.0 Å². The van der Waals surface area contributed by atoms with Crippen LogP contribution in [0, 0.1) is 25.2 Å². The number of nitrogens with zero attached hydrogens (tertiary/aromatic N) is 4. The lowest BCUT2D eigenvalue weighted by Crippen LogP contribution is -2.48. The third-order valence-electron chi connectivity index (χ3n) is 3.28. The Kier molecular flexibility index (Phi) is 3.89. The fourth-order valence-electron chi connectivity index (χ4n) is 2.28. The lowest BCUT2D eigenvalue weighted by Gasteiger charge is -2.32. The van der Waals surface area contributed by atoms with Crippen LogP contribution in [-0.4, -0.2) is 60.5 Å². The van der Waals surface area contributed by atoms with E-state index in [1.54, 1.807) is 13.8 Å². The van der Waals surface area contributed by atoms with E-state index in [0.717, 1.165) is 0 Å². The second-order valence-corrected chi connectivity index (χ2v) is 6.48. The third-order valence-corrected chi connectivity index (χ3v) is 5.45. The van der Waals surface area contributed by atoms with Gasteiger partial charge in [-0.1, -0.05) is 0 Å². The molecule has 1 N–H and O–H groups in total. The second kappa shape index (κ2) is 5.28. The summed E-state index contributed by atoms with van der Waals surface area (Å²) in [4.78, 5) is 2.22. The van der Waals surface area contributed by atoms with Crippen LogP contribution in [0.4, 0.5) is 0 Å². The van der Waals surface area contributed by atoms with E-state index in [4.69, 9.17) is 5.26 Å². The van der Waals surface area contributed by atoms with Gasteiger partial charge < -0.3 is 0 Å². The zero-order valence-electron chi connectivity index (χ0n) is 11.0. The molecule has 0 aliphatic carbocycles. The van der Waals surface area contributed by atoms with Crippen LogP contribution in [0.25, 0.3) is 0 Å². The Hall–Kier alpha value is -1.43. The highest BCUT2D eigenvalue weighted by Crippen LogP contribution is 2.22. The first-order valence-corrected chi connectivity index (χ1v) is 7.52. The van der Waals surface area contributed by atoms with Gasteiger partial charge in [0.15, 0.2) is 0 Å². The Morgan fingerprint density at radius 2 is 1.95 bits per heavy atom. The van der Waals surface area contributed by atoms with E-state index < -0.39 is 10.0 Å². The Bertz CT molecular complexity index is 574. The summed E-state index contributed by atoms with van der Waals surface area (Å²) in [5.74, 6) is 0. The summed E-state index contributed by atoms with van der Waals surface area (Å²) < 4.78 is 26.5. The number of nitriles is 1. The first-order chi connectivity index (χ1) is 8.96. The van der Waals surface area contributed by atoms with Gasteiger partial charge in [0.2, 0.25) is 10.0 Å². The minimum atomic E-state index is -3.49. The summed E-state index contributed by atoms with van der Waals surface area (Å²) >= 11 is 0. The van der Waals surface area contributed by atoms with Gasteiger partial charge >= 0.3 is 0 Å². The maximum Gasteiger partial charge on any atom is 0.246 e. The van der Waals surface area contributed by atoms with Crippen LogP contribution >= 0.6 is 0 Å². The molecule has 0 spiro atoms. The molecule has 7 nitrogen and oxygen atoms in total. The maximum atomic E-state index is 12.5. The molecule has 0 atom stereocenters. The van der Waals surface area contributed by atoms with Gasteiger partial charge in [-0.2, -0.15) is 14.7 Å². The second-order valence-electron chi connectivity index (χ2n) is 4.60.